The minimum atomic E-state index is -1.03. The highest BCUT2D eigenvalue weighted by molar-refractivity contribution is 6.51. The fraction of sp³-hybridized carbons (Fsp3) is 0.533. The Morgan fingerprint density at radius 1 is 1.38 bits per heavy atom. The first-order valence-corrected chi connectivity index (χ1v) is 7.96. The van der Waals surface area contributed by atoms with E-state index in [4.69, 9.17) is 39.9 Å². The Morgan fingerprint density at radius 3 is 2.14 bits per heavy atom. The van der Waals surface area contributed by atoms with Gasteiger partial charge in [-0.1, -0.05) is 44.0 Å². The molecule has 1 aliphatic carbocycles. The zero-order chi connectivity index (χ0) is 16.2. The van der Waals surface area contributed by atoms with Crippen molar-refractivity contribution in [3.8, 4) is 0 Å². The summed E-state index contributed by atoms with van der Waals surface area (Å²) in [5.41, 5.74) is 0.895. The molecule has 1 amide bonds. The Kier molecular flexibility index (Phi) is 6.64. The molecule has 0 aromatic heterocycles. The quantitative estimate of drug-likeness (QED) is 0.705. The summed E-state index contributed by atoms with van der Waals surface area (Å²) in [7, 11) is 0. The second kappa shape index (κ2) is 7.57. The highest BCUT2D eigenvalue weighted by Crippen LogP contribution is 2.60. The Balaban J connectivity index is 0.000000235. The van der Waals surface area contributed by atoms with Crippen LogP contribution < -0.4 is 5.32 Å². The summed E-state index contributed by atoms with van der Waals surface area (Å²) in [5.74, 6) is 1.06. The minimum Gasteiger partial charge on any atom is -0.465 e. The lowest BCUT2D eigenvalue weighted by Gasteiger charge is -2.11. The van der Waals surface area contributed by atoms with Crippen molar-refractivity contribution in [2.45, 2.75) is 37.6 Å². The minimum absolute atomic E-state index is 0.213. The van der Waals surface area contributed by atoms with E-state index in [0.29, 0.717) is 16.9 Å². The van der Waals surface area contributed by atoms with Crippen molar-refractivity contribution in [2.24, 2.45) is 11.8 Å². The molecule has 2 rings (SSSR count). The summed E-state index contributed by atoms with van der Waals surface area (Å²) < 4.78 is -0.380. The first-order chi connectivity index (χ1) is 9.70. The van der Waals surface area contributed by atoms with Crippen molar-refractivity contribution >= 4 is 40.9 Å². The van der Waals surface area contributed by atoms with E-state index in [-0.39, 0.29) is 10.4 Å². The molecule has 3 unspecified atom stereocenters. The van der Waals surface area contributed by atoms with Crippen molar-refractivity contribution in [1.29, 1.82) is 0 Å². The second-order valence-electron chi connectivity index (χ2n) is 5.20. The fourth-order valence-electron chi connectivity index (χ4n) is 2.21. The third-order valence-corrected chi connectivity index (χ3v) is 5.25. The summed E-state index contributed by atoms with van der Waals surface area (Å²) in [6.45, 7) is 5.99. The highest BCUT2D eigenvalue weighted by atomic mass is 35.5. The molecule has 0 heterocycles. The van der Waals surface area contributed by atoms with E-state index in [0.717, 1.165) is 12.0 Å². The lowest BCUT2D eigenvalue weighted by atomic mass is 10.1. The van der Waals surface area contributed by atoms with E-state index in [9.17, 15) is 4.79 Å². The molecule has 1 aliphatic rings. The number of hydrogen-bond acceptors (Lipinski definition) is 1. The number of carboxylic acid groups (broad SMARTS) is 1. The lowest BCUT2D eigenvalue weighted by Crippen LogP contribution is -2.24. The lowest BCUT2D eigenvalue weighted by molar-refractivity contribution is 0.191. The van der Waals surface area contributed by atoms with Crippen molar-refractivity contribution in [2.75, 3.05) is 0 Å². The van der Waals surface area contributed by atoms with E-state index in [1.165, 1.54) is 0 Å². The summed E-state index contributed by atoms with van der Waals surface area (Å²) in [6.07, 6.45) is 0.0798. The van der Waals surface area contributed by atoms with Gasteiger partial charge in [-0.3, -0.25) is 0 Å². The van der Waals surface area contributed by atoms with Crippen molar-refractivity contribution < 1.29 is 9.90 Å². The standard InChI is InChI=1S/C9H10ClNO2.C6H10Cl2/c1-6(11-9(12)13)7-2-4-8(10)5-3-7;1-3-5-4(2)6(5,7)8/h2-6,11H,1H3,(H,12,13);4-5H,3H2,1-2H3. The van der Waals surface area contributed by atoms with Crippen LogP contribution in [0.3, 0.4) is 0 Å². The molecule has 0 aliphatic heterocycles. The highest BCUT2D eigenvalue weighted by Gasteiger charge is 2.58. The molecular weight excluding hydrogens is 333 g/mol. The first kappa shape index (κ1) is 18.4. The van der Waals surface area contributed by atoms with Gasteiger partial charge in [0.05, 0.1) is 6.04 Å². The molecule has 0 spiro atoms. The summed E-state index contributed by atoms with van der Waals surface area (Å²) in [4.78, 5) is 10.3. The SMILES string of the molecule is CC(NC(=O)O)c1ccc(Cl)cc1.CCC1C(C)C1(Cl)Cl. The van der Waals surface area contributed by atoms with Gasteiger partial charge in [0, 0.05) is 5.02 Å². The number of rotatable bonds is 3. The number of amides is 1. The Hall–Kier alpha value is -0.640. The fourth-order valence-corrected chi connectivity index (χ4v) is 3.20. The molecule has 118 valence electrons. The van der Waals surface area contributed by atoms with Gasteiger partial charge in [0.2, 0.25) is 0 Å². The molecule has 2 N–H and O–H groups in total. The molecule has 6 heteroatoms. The zero-order valence-corrected chi connectivity index (χ0v) is 14.5. The van der Waals surface area contributed by atoms with Crippen LogP contribution in [0.15, 0.2) is 24.3 Å². The van der Waals surface area contributed by atoms with Gasteiger partial charge in [0.1, 0.15) is 4.33 Å². The number of alkyl halides is 2. The van der Waals surface area contributed by atoms with E-state index >= 15 is 0 Å². The molecule has 3 atom stereocenters. The van der Waals surface area contributed by atoms with Crippen LogP contribution >= 0.6 is 34.8 Å². The maximum atomic E-state index is 10.3. The Morgan fingerprint density at radius 2 is 1.86 bits per heavy atom. The molecule has 0 saturated heterocycles. The number of carbonyl (C=O) groups is 1. The Labute approximate surface area is 140 Å². The molecule has 1 aromatic carbocycles. The number of hydrogen-bond donors (Lipinski definition) is 2. The largest absolute Gasteiger partial charge is 0.465 e. The number of halogens is 3. The van der Waals surface area contributed by atoms with Gasteiger partial charge in [-0.05, 0) is 36.5 Å². The van der Waals surface area contributed by atoms with Gasteiger partial charge in [-0.25, -0.2) is 4.79 Å². The molecule has 0 bridgehead atoms. The van der Waals surface area contributed by atoms with Gasteiger partial charge in [0.15, 0.2) is 0 Å². The van der Waals surface area contributed by atoms with Gasteiger partial charge >= 0.3 is 6.09 Å². The van der Waals surface area contributed by atoms with Crippen LogP contribution in [0.2, 0.25) is 5.02 Å². The third kappa shape index (κ3) is 5.24. The summed E-state index contributed by atoms with van der Waals surface area (Å²) in [5, 5.41) is 11.5. The molecule has 1 saturated carbocycles. The van der Waals surface area contributed by atoms with Gasteiger partial charge in [0.25, 0.3) is 0 Å². The predicted molar refractivity (Wildman–Crippen MR) is 88.4 cm³/mol. The predicted octanol–water partition coefficient (Wildman–Crippen LogP) is 5.50. The molecule has 3 nitrogen and oxygen atoms in total. The van der Waals surface area contributed by atoms with Crippen LogP contribution in [0, 0.1) is 11.8 Å². The number of benzene rings is 1. The molecule has 1 fully saturated rings. The van der Waals surface area contributed by atoms with Crippen molar-refractivity contribution in [3.63, 3.8) is 0 Å². The maximum Gasteiger partial charge on any atom is 0.405 e. The maximum absolute atomic E-state index is 10.3. The number of nitrogens with one attached hydrogen (secondary N) is 1. The van der Waals surface area contributed by atoms with Crippen LogP contribution in [0.25, 0.3) is 0 Å². The van der Waals surface area contributed by atoms with Crippen molar-refractivity contribution in [3.05, 3.63) is 34.9 Å². The van der Waals surface area contributed by atoms with E-state index < -0.39 is 6.09 Å². The Bertz CT molecular complexity index is 476. The van der Waals surface area contributed by atoms with Gasteiger partial charge in [-0.15, -0.1) is 23.2 Å². The van der Waals surface area contributed by atoms with Gasteiger partial charge in [-0.2, -0.15) is 0 Å². The van der Waals surface area contributed by atoms with Crippen LogP contribution in [0.1, 0.15) is 38.8 Å². The average Bonchev–Trinajstić information content (AvgIpc) is 2.88. The monoisotopic (exact) mass is 351 g/mol. The topological polar surface area (TPSA) is 49.3 Å². The van der Waals surface area contributed by atoms with E-state index in [1.807, 2.05) is 0 Å². The normalized spacial score (nSPS) is 23.5. The van der Waals surface area contributed by atoms with Crippen LogP contribution in [-0.4, -0.2) is 15.5 Å². The molecule has 21 heavy (non-hydrogen) atoms. The molecular formula is C15H20Cl3NO2. The van der Waals surface area contributed by atoms with Gasteiger partial charge < -0.3 is 10.4 Å². The summed E-state index contributed by atoms with van der Waals surface area (Å²) in [6, 6.07) is 6.84. The van der Waals surface area contributed by atoms with E-state index in [2.05, 4.69) is 19.2 Å². The smallest absolute Gasteiger partial charge is 0.405 e. The summed E-state index contributed by atoms with van der Waals surface area (Å²) >= 11 is 17.3. The zero-order valence-electron chi connectivity index (χ0n) is 12.2. The van der Waals surface area contributed by atoms with Crippen LogP contribution in [0.4, 0.5) is 4.79 Å². The molecule has 1 aromatic rings. The van der Waals surface area contributed by atoms with Crippen molar-refractivity contribution in [1.82, 2.24) is 5.32 Å². The average molecular weight is 353 g/mol. The van der Waals surface area contributed by atoms with Crippen LogP contribution in [0.5, 0.6) is 0 Å². The van der Waals surface area contributed by atoms with Crippen LogP contribution in [-0.2, 0) is 0 Å². The first-order valence-electron chi connectivity index (χ1n) is 6.82. The van der Waals surface area contributed by atoms with E-state index in [1.54, 1.807) is 31.2 Å². The molecule has 0 radical (unpaired) electrons. The second-order valence-corrected chi connectivity index (χ2v) is 7.08. The third-order valence-electron chi connectivity index (χ3n) is 3.75.